The number of rotatable bonds is 6. The first-order valence-electron chi connectivity index (χ1n) is 6.63. The predicted molar refractivity (Wildman–Crippen MR) is 79.6 cm³/mol. The zero-order valence-corrected chi connectivity index (χ0v) is 11.6. The largest absolute Gasteiger partial charge is 0.494 e. The van der Waals surface area contributed by atoms with Crippen LogP contribution in [0.15, 0.2) is 48.5 Å². The van der Waals surface area contributed by atoms with Crippen LogP contribution in [0.25, 0.3) is 12.2 Å². The summed E-state index contributed by atoms with van der Waals surface area (Å²) in [6.45, 7) is -0.215. The summed E-state index contributed by atoms with van der Waals surface area (Å²) in [5.41, 5.74) is 1.94. The molecule has 0 heterocycles. The number of halogens is 2. The molecule has 0 spiro atoms. The quantitative estimate of drug-likeness (QED) is 0.707. The highest BCUT2D eigenvalue weighted by Gasteiger charge is 2.02. The first-order valence-corrected chi connectivity index (χ1v) is 6.63. The van der Waals surface area contributed by atoms with Crippen LogP contribution in [0.1, 0.15) is 18.1 Å². The van der Waals surface area contributed by atoms with Crippen molar-refractivity contribution < 1.29 is 18.3 Å². The molecule has 21 heavy (non-hydrogen) atoms. The second kappa shape index (κ2) is 7.43. The summed E-state index contributed by atoms with van der Waals surface area (Å²) in [4.78, 5) is 0. The Balaban J connectivity index is 1.99. The maximum Gasteiger partial charge on any atom is 0.387 e. The van der Waals surface area contributed by atoms with Gasteiger partial charge in [-0.25, -0.2) is 0 Å². The van der Waals surface area contributed by atoms with Gasteiger partial charge in [0.05, 0.1) is 6.61 Å². The molecule has 2 nitrogen and oxygen atoms in total. The van der Waals surface area contributed by atoms with Crippen LogP contribution in [0.2, 0.25) is 0 Å². The van der Waals surface area contributed by atoms with Gasteiger partial charge >= 0.3 is 6.61 Å². The van der Waals surface area contributed by atoms with Gasteiger partial charge in [0.15, 0.2) is 0 Å². The van der Waals surface area contributed by atoms with Crippen molar-refractivity contribution in [2.75, 3.05) is 6.61 Å². The lowest BCUT2D eigenvalue weighted by molar-refractivity contribution is -0.0498. The van der Waals surface area contributed by atoms with Crippen LogP contribution in [-0.4, -0.2) is 13.2 Å². The van der Waals surface area contributed by atoms with Gasteiger partial charge in [0.1, 0.15) is 11.5 Å². The maximum absolute atomic E-state index is 12.0. The highest BCUT2D eigenvalue weighted by molar-refractivity contribution is 5.70. The Morgan fingerprint density at radius 2 is 1.33 bits per heavy atom. The van der Waals surface area contributed by atoms with E-state index >= 15 is 0 Å². The summed E-state index contributed by atoms with van der Waals surface area (Å²) >= 11 is 0. The number of hydrogen-bond acceptors (Lipinski definition) is 2. The van der Waals surface area contributed by atoms with Gasteiger partial charge in [-0.15, -0.1) is 0 Å². The third kappa shape index (κ3) is 4.91. The summed E-state index contributed by atoms with van der Waals surface area (Å²) in [6.07, 6.45) is 3.85. The molecule has 0 radical (unpaired) electrons. The minimum atomic E-state index is -2.80. The molecule has 0 aliphatic carbocycles. The molecule has 2 rings (SSSR count). The van der Waals surface area contributed by atoms with E-state index in [1.165, 1.54) is 12.1 Å². The topological polar surface area (TPSA) is 18.5 Å². The van der Waals surface area contributed by atoms with E-state index in [4.69, 9.17) is 4.74 Å². The molecule has 2 aromatic rings. The molecule has 0 fully saturated rings. The maximum atomic E-state index is 12.0. The lowest BCUT2D eigenvalue weighted by Gasteiger charge is -2.04. The fourth-order valence-electron chi connectivity index (χ4n) is 1.79. The molecule has 110 valence electrons. The van der Waals surface area contributed by atoms with E-state index in [2.05, 4.69) is 4.74 Å². The average Bonchev–Trinajstić information content (AvgIpc) is 2.48. The van der Waals surface area contributed by atoms with E-state index in [-0.39, 0.29) is 5.75 Å². The fraction of sp³-hybridized carbons (Fsp3) is 0.176. The van der Waals surface area contributed by atoms with Crippen molar-refractivity contribution in [3.8, 4) is 11.5 Å². The summed E-state index contributed by atoms with van der Waals surface area (Å²) in [6, 6.07) is 14.2. The molecule has 0 saturated heterocycles. The van der Waals surface area contributed by atoms with Crippen molar-refractivity contribution in [1.82, 2.24) is 0 Å². The summed E-state index contributed by atoms with van der Waals surface area (Å²) < 4.78 is 33.7. The predicted octanol–water partition coefficient (Wildman–Crippen LogP) is 4.86. The van der Waals surface area contributed by atoms with Gasteiger partial charge in [-0.1, -0.05) is 36.4 Å². The Kier molecular flexibility index (Phi) is 5.32. The van der Waals surface area contributed by atoms with Crippen molar-refractivity contribution in [3.05, 3.63) is 59.7 Å². The van der Waals surface area contributed by atoms with Crippen LogP contribution >= 0.6 is 0 Å². The molecule has 2 aromatic carbocycles. The second-order valence-corrected chi connectivity index (χ2v) is 4.28. The Labute approximate surface area is 122 Å². The molecule has 0 bridgehead atoms. The van der Waals surface area contributed by atoms with Gasteiger partial charge < -0.3 is 9.47 Å². The SMILES string of the molecule is CCOc1ccc(C=Cc2ccc(OC(F)F)cc2)cc1. The molecular formula is C17H16F2O2. The van der Waals surface area contributed by atoms with Crippen LogP contribution in [0, 0.1) is 0 Å². The average molecular weight is 290 g/mol. The third-order valence-corrected chi connectivity index (χ3v) is 2.76. The van der Waals surface area contributed by atoms with E-state index in [1.807, 2.05) is 43.3 Å². The number of hydrogen-bond donors (Lipinski definition) is 0. The van der Waals surface area contributed by atoms with Gasteiger partial charge in [0, 0.05) is 0 Å². The Morgan fingerprint density at radius 1 is 0.857 bits per heavy atom. The normalized spacial score (nSPS) is 11.0. The summed E-state index contributed by atoms with van der Waals surface area (Å²) in [5, 5.41) is 0. The van der Waals surface area contributed by atoms with E-state index in [9.17, 15) is 8.78 Å². The van der Waals surface area contributed by atoms with E-state index in [0.29, 0.717) is 6.61 Å². The van der Waals surface area contributed by atoms with Crippen LogP contribution in [0.4, 0.5) is 8.78 Å². The zero-order valence-electron chi connectivity index (χ0n) is 11.6. The Morgan fingerprint density at radius 3 is 1.76 bits per heavy atom. The zero-order chi connectivity index (χ0) is 15.1. The van der Waals surface area contributed by atoms with Crippen LogP contribution in [-0.2, 0) is 0 Å². The van der Waals surface area contributed by atoms with Gasteiger partial charge in [0.25, 0.3) is 0 Å². The van der Waals surface area contributed by atoms with E-state index < -0.39 is 6.61 Å². The van der Waals surface area contributed by atoms with Crippen LogP contribution < -0.4 is 9.47 Å². The highest BCUT2D eigenvalue weighted by atomic mass is 19.3. The van der Waals surface area contributed by atoms with Crippen molar-refractivity contribution in [2.24, 2.45) is 0 Å². The minimum absolute atomic E-state index is 0.156. The first-order chi connectivity index (χ1) is 10.2. The molecule has 0 N–H and O–H groups in total. The molecular weight excluding hydrogens is 274 g/mol. The van der Waals surface area contributed by atoms with Crippen LogP contribution in [0.3, 0.4) is 0 Å². The fourth-order valence-corrected chi connectivity index (χ4v) is 1.79. The third-order valence-electron chi connectivity index (χ3n) is 2.76. The number of benzene rings is 2. The molecule has 0 saturated carbocycles. The Bertz CT molecular complexity index is 575. The molecule has 0 atom stereocenters. The van der Waals surface area contributed by atoms with Gasteiger partial charge in [-0.2, -0.15) is 8.78 Å². The molecule has 0 aliphatic rings. The molecule has 0 amide bonds. The molecule has 0 aliphatic heterocycles. The lowest BCUT2D eigenvalue weighted by atomic mass is 10.1. The van der Waals surface area contributed by atoms with Crippen molar-refractivity contribution in [1.29, 1.82) is 0 Å². The second-order valence-electron chi connectivity index (χ2n) is 4.28. The Hall–Kier alpha value is -2.36. The van der Waals surface area contributed by atoms with Gasteiger partial charge in [0.2, 0.25) is 0 Å². The molecule has 0 aromatic heterocycles. The minimum Gasteiger partial charge on any atom is -0.494 e. The van der Waals surface area contributed by atoms with Crippen molar-refractivity contribution >= 4 is 12.2 Å². The first kappa shape index (κ1) is 15.0. The van der Waals surface area contributed by atoms with Crippen LogP contribution in [0.5, 0.6) is 11.5 Å². The van der Waals surface area contributed by atoms with Crippen molar-refractivity contribution in [3.63, 3.8) is 0 Å². The number of alkyl halides is 2. The lowest BCUT2D eigenvalue weighted by Crippen LogP contribution is -2.01. The molecule has 4 heteroatoms. The summed E-state index contributed by atoms with van der Waals surface area (Å²) in [5.74, 6) is 0.992. The molecule has 0 unspecified atom stereocenters. The van der Waals surface area contributed by atoms with E-state index in [1.54, 1.807) is 12.1 Å². The van der Waals surface area contributed by atoms with Gasteiger partial charge in [-0.05, 0) is 42.3 Å². The van der Waals surface area contributed by atoms with Crippen molar-refractivity contribution in [2.45, 2.75) is 13.5 Å². The standard InChI is InChI=1S/C17H16F2O2/c1-2-20-15-9-5-13(6-10-15)3-4-14-7-11-16(12-8-14)21-17(18)19/h3-12,17H,2H2,1H3. The monoisotopic (exact) mass is 290 g/mol. The smallest absolute Gasteiger partial charge is 0.387 e. The highest BCUT2D eigenvalue weighted by Crippen LogP contribution is 2.17. The number of ether oxygens (including phenoxy) is 2. The summed E-state index contributed by atoms with van der Waals surface area (Å²) in [7, 11) is 0. The van der Waals surface area contributed by atoms with E-state index in [0.717, 1.165) is 16.9 Å². The van der Waals surface area contributed by atoms with Gasteiger partial charge in [-0.3, -0.25) is 0 Å².